The van der Waals surface area contributed by atoms with E-state index < -0.39 is 11.6 Å². The Kier molecular flexibility index (Phi) is 4.95. The van der Waals surface area contributed by atoms with Crippen LogP contribution in [0, 0.1) is 11.6 Å². The summed E-state index contributed by atoms with van der Waals surface area (Å²) in [7, 11) is 0. The molecular weight excluding hydrogens is 264 g/mol. The summed E-state index contributed by atoms with van der Waals surface area (Å²) in [4.78, 5) is 8.23. The lowest BCUT2D eigenvalue weighted by Gasteiger charge is -2.06. The molecule has 6 heteroatoms. The maximum Gasteiger partial charge on any atom is 0.237 e. The third-order valence-corrected chi connectivity index (χ3v) is 2.53. The van der Waals surface area contributed by atoms with Gasteiger partial charge in [-0.05, 0) is 25.1 Å². The number of benzene rings is 1. The molecule has 0 bridgehead atoms. The molecule has 0 atom stereocenters. The summed E-state index contributed by atoms with van der Waals surface area (Å²) in [6.07, 6.45) is 4.08. The van der Waals surface area contributed by atoms with Crippen LogP contribution in [0.4, 0.5) is 8.78 Å². The topological polar surface area (TPSA) is 47.0 Å². The van der Waals surface area contributed by atoms with Gasteiger partial charge in [0.1, 0.15) is 5.75 Å². The van der Waals surface area contributed by atoms with E-state index >= 15 is 0 Å². The first-order valence-corrected chi connectivity index (χ1v) is 6.33. The number of ether oxygens (including phenoxy) is 1. The van der Waals surface area contributed by atoms with Gasteiger partial charge in [0, 0.05) is 12.6 Å². The van der Waals surface area contributed by atoms with Crippen molar-refractivity contribution in [3.63, 3.8) is 0 Å². The molecule has 0 aliphatic heterocycles. The molecule has 4 nitrogen and oxygen atoms in total. The van der Waals surface area contributed by atoms with Gasteiger partial charge in [-0.3, -0.25) is 4.98 Å². The van der Waals surface area contributed by atoms with Crippen LogP contribution < -0.4 is 10.1 Å². The third kappa shape index (κ3) is 3.96. The molecule has 20 heavy (non-hydrogen) atoms. The van der Waals surface area contributed by atoms with Crippen LogP contribution in [0.2, 0.25) is 0 Å². The number of hydrogen-bond donors (Lipinski definition) is 1. The van der Waals surface area contributed by atoms with Crippen LogP contribution in [0.5, 0.6) is 11.6 Å². The summed E-state index contributed by atoms with van der Waals surface area (Å²) < 4.78 is 31.1. The fraction of sp³-hybridized carbons (Fsp3) is 0.286. The average Bonchev–Trinajstić information content (AvgIpc) is 2.45. The van der Waals surface area contributed by atoms with Crippen molar-refractivity contribution in [3.8, 4) is 11.6 Å². The highest BCUT2D eigenvalue weighted by molar-refractivity contribution is 5.27. The highest BCUT2D eigenvalue weighted by Crippen LogP contribution is 2.20. The van der Waals surface area contributed by atoms with Gasteiger partial charge < -0.3 is 10.1 Å². The van der Waals surface area contributed by atoms with E-state index in [2.05, 4.69) is 22.2 Å². The van der Waals surface area contributed by atoms with Crippen molar-refractivity contribution in [2.75, 3.05) is 6.54 Å². The number of hydrogen-bond acceptors (Lipinski definition) is 4. The van der Waals surface area contributed by atoms with Crippen molar-refractivity contribution < 1.29 is 13.5 Å². The molecule has 1 aromatic carbocycles. The highest BCUT2D eigenvalue weighted by atomic mass is 19.2. The van der Waals surface area contributed by atoms with E-state index in [0.29, 0.717) is 6.54 Å². The summed E-state index contributed by atoms with van der Waals surface area (Å²) in [6.45, 7) is 3.62. The van der Waals surface area contributed by atoms with E-state index in [9.17, 15) is 8.78 Å². The Hall–Kier alpha value is -2.08. The first-order chi connectivity index (χ1) is 9.69. The summed E-state index contributed by atoms with van der Waals surface area (Å²) in [6, 6.07) is 3.30. The van der Waals surface area contributed by atoms with Gasteiger partial charge in [-0.15, -0.1) is 0 Å². The second kappa shape index (κ2) is 6.91. The molecule has 2 aromatic rings. The lowest BCUT2D eigenvalue weighted by atomic mass is 10.3. The van der Waals surface area contributed by atoms with Crippen molar-refractivity contribution in [1.29, 1.82) is 0 Å². The van der Waals surface area contributed by atoms with Gasteiger partial charge in [0.15, 0.2) is 11.6 Å². The predicted octanol–water partition coefficient (Wildman–Crippen LogP) is 3.05. The second-order valence-electron chi connectivity index (χ2n) is 4.20. The molecule has 1 N–H and O–H groups in total. The van der Waals surface area contributed by atoms with Gasteiger partial charge >= 0.3 is 0 Å². The van der Waals surface area contributed by atoms with Crippen LogP contribution in [0.3, 0.4) is 0 Å². The van der Waals surface area contributed by atoms with Gasteiger partial charge in [-0.1, -0.05) is 6.92 Å². The van der Waals surface area contributed by atoms with E-state index in [-0.39, 0.29) is 11.6 Å². The van der Waals surface area contributed by atoms with Gasteiger partial charge in [0.2, 0.25) is 5.88 Å². The largest absolute Gasteiger partial charge is 0.437 e. The number of nitrogens with one attached hydrogen (secondary N) is 1. The zero-order valence-corrected chi connectivity index (χ0v) is 11.1. The molecule has 0 aliphatic carbocycles. The van der Waals surface area contributed by atoms with Crippen LogP contribution >= 0.6 is 0 Å². The molecule has 106 valence electrons. The summed E-state index contributed by atoms with van der Waals surface area (Å²) in [5, 5.41) is 3.20. The molecule has 0 fully saturated rings. The van der Waals surface area contributed by atoms with Gasteiger partial charge in [0.25, 0.3) is 0 Å². The van der Waals surface area contributed by atoms with Crippen LogP contribution in [0.25, 0.3) is 0 Å². The van der Waals surface area contributed by atoms with Crippen LogP contribution in [-0.2, 0) is 6.54 Å². The Bertz CT molecular complexity index is 561. The van der Waals surface area contributed by atoms with Crippen molar-refractivity contribution >= 4 is 0 Å². The van der Waals surface area contributed by atoms with E-state index in [0.717, 1.165) is 30.8 Å². The third-order valence-electron chi connectivity index (χ3n) is 2.53. The molecule has 0 radical (unpaired) electrons. The number of aromatic nitrogens is 2. The molecule has 1 aromatic heterocycles. The van der Waals surface area contributed by atoms with Crippen LogP contribution in [0.1, 0.15) is 19.0 Å². The normalized spacial score (nSPS) is 10.6. The first-order valence-electron chi connectivity index (χ1n) is 6.33. The van der Waals surface area contributed by atoms with Crippen LogP contribution in [-0.4, -0.2) is 16.5 Å². The number of nitrogens with zero attached hydrogens (tertiary/aromatic N) is 2. The highest BCUT2D eigenvalue weighted by Gasteiger charge is 2.05. The fourth-order valence-corrected chi connectivity index (χ4v) is 1.54. The number of rotatable bonds is 6. The molecule has 0 saturated heterocycles. The Morgan fingerprint density at radius 2 is 2.00 bits per heavy atom. The molecule has 2 rings (SSSR count). The Morgan fingerprint density at radius 3 is 2.65 bits per heavy atom. The van der Waals surface area contributed by atoms with E-state index in [4.69, 9.17) is 4.74 Å². The quantitative estimate of drug-likeness (QED) is 0.826. The van der Waals surface area contributed by atoms with Crippen molar-refractivity contribution in [2.45, 2.75) is 19.9 Å². The maximum atomic E-state index is 13.0. The smallest absolute Gasteiger partial charge is 0.237 e. The van der Waals surface area contributed by atoms with Gasteiger partial charge in [0.05, 0.1) is 18.1 Å². The van der Waals surface area contributed by atoms with E-state index in [1.54, 1.807) is 6.20 Å². The summed E-state index contributed by atoms with van der Waals surface area (Å²) in [5.41, 5.74) is 0.788. The lowest BCUT2D eigenvalue weighted by molar-refractivity contribution is 0.444. The van der Waals surface area contributed by atoms with Gasteiger partial charge in [-0.2, -0.15) is 0 Å². The minimum atomic E-state index is -0.962. The monoisotopic (exact) mass is 279 g/mol. The zero-order chi connectivity index (χ0) is 14.4. The molecule has 0 aliphatic rings. The maximum absolute atomic E-state index is 13.0. The summed E-state index contributed by atoms with van der Waals surface area (Å²) in [5.74, 6) is -1.47. The lowest BCUT2D eigenvalue weighted by Crippen LogP contribution is -2.14. The standard InChI is InChI=1S/C14H15F2N3O/c1-2-5-17-7-10-8-19-14(9-18-10)20-11-3-4-12(15)13(16)6-11/h3-4,6,8-9,17H,2,5,7H2,1H3. The van der Waals surface area contributed by atoms with Crippen molar-refractivity contribution in [1.82, 2.24) is 15.3 Å². The average molecular weight is 279 g/mol. The molecule has 0 amide bonds. The molecule has 0 saturated carbocycles. The van der Waals surface area contributed by atoms with E-state index in [1.807, 2.05) is 0 Å². The first kappa shape index (κ1) is 14.3. The second-order valence-corrected chi connectivity index (χ2v) is 4.20. The minimum Gasteiger partial charge on any atom is -0.437 e. The Labute approximate surface area is 115 Å². The Balaban J connectivity index is 1.97. The fourth-order valence-electron chi connectivity index (χ4n) is 1.54. The molecule has 0 unspecified atom stereocenters. The molecular formula is C14H15F2N3O. The van der Waals surface area contributed by atoms with Crippen molar-refractivity contribution in [2.24, 2.45) is 0 Å². The number of halogens is 2. The van der Waals surface area contributed by atoms with E-state index in [1.165, 1.54) is 12.3 Å². The van der Waals surface area contributed by atoms with Crippen molar-refractivity contribution in [3.05, 3.63) is 47.9 Å². The minimum absolute atomic E-state index is 0.176. The van der Waals surface area contributed by atoms with Gasteiger partial charge in [-0.25, -0.2) is 13.8 Å². The predicted molar refractivity (Wildman–Crippen MR) is 70.5 cm³/mol. The summed E-state index contributed by atoms with van der Waals surface area (Å²) >= 11 is 0. The Morgan fingerprint density at radius 1 is 1.15 bits per heavy atom. The van der Waals surface area contributed by atoms with Crippen LogP contribution in [0.15, 0.2) is 30.6 Å². The molecule has 0 spiro atoms. The zero-order valence-electron chi connectivity index (χ0n) is 11.1. The molecule has 1 heterocycles. The SMILES string of the molecule is CCCNCc1cnc(Oc2ccc(F)c(F)c2)cn1.